The van der Waals surface area contributed by atoms with Crippen molar-refractivity contribution in [3.8, 4) is 5.75 Å². The topological polar surface area (TPSA) is 96.8 Å². The van der Waals surface area contributed by atoms with Crippen molar-refractivity contribution in [1.82, 2.24) is 18.8 Å². The van der Waals surface area contributed by atoms with Crippen LogP contribution in [0.25, 0.3) is 11.0 Å². The Bertz CT molecular complexity index is 1640. The number of carbonyl (C=O) groups excluding carboxylic acids is 1. The molecule has 3 aromatic rings. The van der Waals surface area contributed by atoms with Crippen molar-refractivity contribution >= 4 is 44.3 Å². The molecule has 3 aliphatic heterocycles. The van der Waals surface area contributed by atoms with E-state index in [1.807, 2.05) is 12.1 Å². The van der Waals surface area contributed by atoms with Gasteiger partial charge < -0.3 is 14.6 Å². The summed E-state index contributed by atoms with van der Waals surface area (Å²) in [7, 11) is -3.42. The van der Waals surface area contributed by atoms with Gasteiger partial charge in [0.1, 0.15) is 18.2 Å². The van der Waals surface area contributed by atoms with Crippen LogP contribution in [0.15, 0.2) is 30.3 Å². The molecular weight excluding hydrogens is 583 g/mol. The van der Waals surface area contributed by atoms with Gasteiger partial charge in [-0.3, -0.25) is 9.69 Å². The van der Waals surface area contributed by atoms with Gasteiger partial charge in [0.25, 0.3) is 0 Å². The van der Waals surface area contributed by atoms with Gasteiger partial charge in [-0.2, -0.15) is 17.5 Å². The number of hydrogen-bond acceptors (Lipinski definition) is 6. The van der Waals surface area contributed by atoms with Crippen LogP contribution in [0.2, 0.25) is 5.02 Å². The van der Waals surface area contributed by atoms with Crippen LogP contribution in [0.1, 0.15) is 35.8 Å². The maximum atomic E-state index is 14.2. The number of piperidine rings is 1. The molecule has 2 saturated heterocycles. The average molecular weight is 612 g/mol. The van der Waals surface area contributed by atoms with E-state index in [2.05, 4.69) is 15.2 Å². The summed E-state index contributed by atoms with van der Waals surface area (Å²) in [5.74, 6) is 0.411. The average Bonchev–Trinajstić information content (AvgIpc) is 3.31. The first-order chi connectivity index (χ1) is 19.3. The molecule has 220 valence electrons. The molecule has 2 aromatic carbocycles. The lowest BCUT2D eigenvalue weighted by Crippen LogP contribution is -2.50. The third kappa shape index (κ3) is 4.96. The number of likely N-dealkylation sites (tertiary alicyclic amines) is 1. The van der Waals surface area contributed by atoms with E-state index < -0.39 is 33.2 Å². The highest BCUT2D eigenvalue weighted by atomic mass is 35.5. The largest absolute Gasteiger partial charge is 0.492 e. The van der Waals surface area contributed by atoms with Crippen molar-refractivity contribution < 1.29 is 31.1 Å². The number of amides is 1. The zero-order valence-corrected chi connectivity index (χ0v) is 24.0. The molecule has 6 rings (SSSR count). The van der Waals surface area contributed by atoms with Crippen LogP contribution in [-0.4, -0.2) is 78.7 Å². The van der Waals surface area contributed by atoms with E-state index in [9.17, 15) is 26.4 Å². The maximum Gasteiger partial charge on any atom is 0.418 e. The molecule has 0 atom stereocenters. The number of sulfonamides is 1. The summed E-state index contributed by atoms with van der Waals surface area (Å²) in [6.45, 7) is 3.71. The first kappa shape index (κ1) is 28.3. The molecule has 0 aliphatic carbocycles. The molecule has 2 fully saturated rings. The van der Waals surface area contributed by atoms with Crippen molar-refractivity contribution in [3.63, 3.8) is 0 Å². The molecule has 3 aliphatic rings. The van der Waals surface area contributed by atoms with Crippen LogP contribution in [0, 0.1) is 6.92 Å². The van der Waals surface area contributed by atoms with Gasteiger partial charge in [0.15, 0.2) is 0 Å². The summed E-state index contributed by atoms with van der Waals surface area (Å²) in [6, 6.07) is 7.46. The number of hydrogen-bond donors (Lipinski definition) is 1. The minimum atomic E-state index is -4.66. The molecule has 1 N–H and O–H groups in total. The van der Waals surface area contributed by atoms with Gasteiger partial charge in [-0.05, 0) is 62.7 Å². The normalized spacial score (nSPS) is 19.9. The fourth-order valence-corrected chi connectivity index (χ4v) is 7.31. The maximum absolute atomic E-state index is 14.2. The number of anilines is 1. The quantitative estimate of drug-likeness (QED) is 0.449. The van der Waals surface area contributed by atoms with Crippen molar-refractivity contribution in [3.05, 3.63) is 52.3 Å². The van der Waals surface area contributed by atoms with Crippen LogP contribution >= 0.6 is 11.6 Å². The van der Waals surface area contributed by atoms with Gasteiger partial charge in [0.05, 0.1) is 34.3 Å². The van der Waals surface area contributed by atoms with Crippen LogP contribution in [0.4, 0.5) is 18.9 Å². The number of ether oxygens (including phenoxy) is 1. The second-order valence-corrected chi connectivity index (χ2v) is 13.4. The lowest BCUT2D eigenvalue weighted by molar-refractivity contribution is -0.136. The molecule has 9 nitrogen and oxygen atoms in total. The van der Waals surface area contributed by atoms with E-state index in [1.165, 1.54) is 14.9 Å². The summed E-state index contributed by atoms with van der Waals surface area (Å²) in [5, 5.41) is 3.53. The van der Waals surface area contributed by atoms with Crippen LogP contribution in [0.3, 0.4) is 0 Å². The van der Waals surface area contributed by atoms with Gasteiger partial charge in [-0.1, -0.05) is 11.6 Å². The first-order valence-corrected chi connectivity index (χ1v) is 15.5. The first-order valence-electron chi connectivity index (χ1n) is 13.3. The predicted molar refractivity (Wildman–Crippen MR) is 148 cm³/mol. The number of halogens is 4. The van der Waals surface area contributed by atoms with Crippen LogP contribution in [0.5, 0.6) is 5.75 Å². The molecule has 0 saturated carbocycles. The number of benzene rings is 2. The second-order valence-electron chi connectivity index (χ2n) is 11.0. The lowest BCUT2D eigenvalue weighted by Gasteiger charge is -2.39. The number of carbonyl (C=O) groups is 1. The zero-order valence-electron chi connectivity index (χ0n) is 22.5. The van der Waals surface area contributed by atoms with Gasteiger partial charge in [0, 0.05) is 36.4 Å². The third-order valence-corrected chi connectivity index (χ3v) is 9.94. The Morgan fingerprint density at radius 1 is 1.17 bits per heavy atom. The minimum absolute atomic E-state index is 0.0284. The highest BCUT2D eigenvalue weighted by Crippen LogP contribution is 2.46. The Hall–Kier alpha value is -2.87. The number of nitrogens with zero attached hydrogens (tertiary/aromatic N) is 4. The highest BCUT2D eigenvalue weighted by Gasteiger charge is 2.48. The number of fused-ring (bicyclic) bond motifs is 3. The van der Waals surface area contributed by atoms with Gasteiger partial charge in [-0.25, -0.2) is 13.4 Å². The van der Waals surface area contributed by atoms with E-state index in [4.69, 9.17) is 16.3 Å². The number of imidazole rings is 1. The lowest BCUT2D eigenvalue weighted by atomic mass is 9.73. The van der Waals surface area contributed by atoms with Crippen molar-refractivity contribution in [2.45, 2.75) is 37.4 Å². The summed E-state index contributed by atoms with van der Waals surface area (Å²) < 4.78 is 74.7. The van der Waals surface area contributed by atoms with E-state index in [1.54, 1.807) is 13.0 Å². The zero-order chi connectivity index (χ0) is 29.3. The Kier molecular flexibility index (Phi) is 6.79. The van der Waals surface area contributed by atoms with Crippen molar-refractivity contribution in [2.75, 3.05) is 50.9 Å². The Morgan fingerprint density at radius 2 is 1.88 bits per heavy atom. The molecular formula is C27H29ClF3N5O4S. The Morgan fingerprint density at radius 3 is 2.54 bits per heavy atom. The monoisotopic (exact) mass is 611 g/mol. The minimum Gasteiger partial charge on any atom is -0.492 e. The fourth-order valence-electron chi connectivity index (χ4n) is 6.25. The number of aromatic nitrogens is 2. The third-order valence-electron chi connectivity index (χ3n) is 8.47. The molecule has 1 amide bonds. The van der Waals surface area contributed by atoms with E-state index >= 15 is 0 Å². The van der Waals surface area contributed by atoms with E-state index in [0.717, 1.165) is 23.6 Å². The molecule has 1 aromatic heterocycles. The van der Waals surface area contributed by atoms with Crippen molar-refractivity contribution in [1.29, 1.82) is 0 Å². The molecule has 41 heavy (non-hydrogen) atoms. The van der Waals surface area contributed by atoms with Gasteiger partial charge in [-0.15, -0.1) is 0 Å². The standard InChI is InChI=1S/C27H29ClF3N5O4S/c1-16-32-23-13-19(12-21(27(29,30)31)24(23)36(16)18-14-35(15-18)41(2,38)39)40-10-9-34-7-5-26(6-8-34)20-11-17(28)3-4-22(20)33-25(26)37/h3-4,11-13,18H,5-10,14-15H2,1-2H3,(H,33,37). The summed E-state index contributed by atoms with van der Waals surface area (Å²) in [5.41, 5.74) is 0.286. The number of rotatable bonds is 6. The van der Waals surface area contributed by atoms with Crippen LogP contribution in [-0.2, 0) is 26.4 Å². The molecule has 14 heteroatoms. The highest BCUT2D eigenvalue weighted by molar-refractivity contribution is 7.88. The predicted octanol–water partition coefficient (Wildman–Crippen LogP) is 4.20. The van der Waals surface area contributed by atoms with Gasteiger partial charge >= 0.3 is 6.18 Å². The second kappa shape index (κ2) is 9.85. The Labute approximate surface area is 240 Å². The molecule has 0 bridgehead atoms. The molecule has 1 spiro atoms. The van der Waals surface area contributed by atoms with E-state index in [0.29, 0.717) is 43.3 Å². The molecule has 4 heterocycles. The number of aryl methyl sites for hydroxylation is 1. The number of alkyl halides is 3. The van der Waals surface area contributed by atoms with Crippen molar-refractivity contribution in [2.24, 2.45) is 0 Å². The smallest absolute Gasteiger partial charge is 0.418 e. The van der Waals surface area contributed by atoms with Gasteiger partial charge in [0.2, 0.25) is 15.9 Å². The summed E-state index contributed by atoms with van der Waals surface area (Å²) >= 11 is 6.20. The number of nitrogens with one attached hydrogen (secondary N) is 1. The van der Waals surface area contributed by atoms with Crippen LogP contribution < -0.4 is 10.1 Å². The SMILES string of the molecule is Cc1nc2cc(OCCN3CCC4(CC3)C(=O)Nc3ccc(Cl)cc34)cc(C(F)(F)F)c2n1C1CN(S(C)(=O)=O)C1. The molecule has 0 unspecified atom stereocenters. The summed E-state index contributed by atoms with van der Waals surface area (Å²) in [4.78, 5) is 19.4. The summed E-state index contributed by atoms with van der Waals surface area (Å²) in [6.07, 6.45) is -2.38. The van der Waals surface area contributed by atoms with E-state index in [-0.39, 0.29) is 42.4 Å². The fraction of sp³-hybridized carbons (Fsp3) is 0.481. The molecule has 0 radical (unpaired) electrons. The Balaban J connectivity index is 1.15.